The molecule has 1 N–H and O–H groups in total. The summed E-state index contributed by atoms with van der Waals surface area (Å²) in [5.74, 6) is 0.419. The van der Waals surface area contributed by atoms with Gasteiger partial charge in [-0.15, -0.1) is 0 Å². The fourth-order valence-electron chi connectivity index (χ4n) is 2.82. The smallest absolute Gasteiger partial charge is 0.0603 e. The Bertz CT molecular complexity index is 520. The van der Waals surface area contributed by atoms with Gasteiger partial charge in [-0.3, -0.25) is 0 Å². The zero-order chi connectivity index (χ0) is 16.7. The second kappa shape index (κ2) is 8.28. The molecule has 0 saturated heterocycles. The molecule has 2 heteroatoms. The lowest BCUT2D eigenvalue weighted by atomic mass is 9.88. The van der Waals surface area contributed by atoms with E-state index in [0.29, 0.717) is 5.92 Å². The van der Waals surface area contributed by atoms with E-state index in [9.17, 15) is 5.11 Å². The summed E-state index contributed by atoms with van der Waals surface area (Å²) in [4.78, 5) is 2.32. The van der Waals surface area contributed by atoms with Crippen molar-refractivity contribution in [2.45, 2.75) is 38.2 Å². The Morgan fingerprint density at radius 2 is 1.35 bits per heavy atom. The SMILES string of the molecule is CN(CCC(c1ccccc1)c1ccccc1)CCC(C)(C)O. The Morgan fingerprint density at radius 3 is 1.78 bits per heavy atom. The van der Waals surface area contributed by atoms with Gasteiger partial charge in [-0.1, -0.05) is 60.7 Å². The van der Waals surface area contributed by atoms with Crippen LogP contribution in [0.5, 0.6) is 0 Å². The average molecular weight is 311 g/mol. The van der Waals surface area contributed by atoms with Crippen LogP contribution in [-0.2, 0) is 0 Å². The number of hydrogen-bond donors (Lipinski definition) is 1. The molecule has 0 aliphatic carbocycles. The van der Waals surface area contributed by atoms with Gasteiger partial charge in [0.05, 0.1) is 5.60 Å². The standard InChI is InChI=1S/C21H29NO/c1-21(2,23)15-17-22(3)16-14-20(18-10-6-4-7-11-18)19-12-8-5-9-13-19/h4-13,20,23H,14-17H2,1-3H3. The maximum Gasteiger partial charge on any atom is 0.0603 e. The van der Waals surface area contributed by atoms with E-state index in [1.807, 2.05) is 13.8 Å². The van der Waals surface area contributed by atoms with Gasteiger partial charge in [0.2, 0.25) is 0 Å². The molecule has 0 heterocycles. The summed E-state index contributed by atoms with van der Waals surface area (Å²) in [5, 5.41) is 9.87. The second-order valence-corrected chi connectivity index (χ2v) is 7.03. The molecule has 2 aromatic rings. The normalized spacial score (nSPS) is 12.1. The average Bonchev–Trinajstić information content (AvgIpc) is 2.54. The molecule has 0 amide bonds. The highest BCUT2D eigenvalue weighted by Gasteiger charge is 2.16. The first-order chi connectivity index (χ1) is 11.0. The predicted molar refractivity (Wildman–Crippen MR) is 97.8 cm³/mol. The maximum atomic E-state index is 9.87. The van der Waals surface area contributed by atoms with Crippen LogP contribution in [0.25, 0.3) is 0 Å². The summed E-state index contributed by atoms with van der Waals surface area (Å²) in [6, 6.07) is 21.5. The molecule has 0 aromatic heterocycles. The van der Waals surface area contributed by atoms with E-state index in [1.165, 1.54) is 11.1 Å². The van der Waals surface area contributed by atoms with Crippen molar-refractivity contribution in [1.82, 2.24) is 4.90 Å². The van der Waals surface area contributed by atoms with E-state index in [-0.39, 0.29) is 0 Å². The minimum atomic E-state index is -0.591. The summed E-state index contributed by atoms with van der Waals surface area (Å²) in [6.07, 6.45) is 1.88. The monoisotopic (exact) mass is 311 g/mol. The maximum absolute atomic E-state index is 9.87. The molecule has 0 atom stereocenters. The summed E-state index contributed by atoms with van der Waals surface area (Å²) >= 11 is 0. The van der Waals surface area contributed by atoms with Crippen LogP contribution in [0.4, 0.5) is 0 Å². The van der Waals surface area contributed by atoms with E-state index in [0.717, 1.165) is 25.9 Å². The van der Waals surface area contributed by atoms with Gasteiger partial charge >= 0.3 is 0 Å². The van der Waals surface area contributed by atoms with Crippen LogP contribution in [0.15, 0.2) is 60.7 Å². The summed E-state index contributed by atoms with van der Waals surface area (Å²) in [6.45, 7) is 5.68. The molecule has 0 unspecified atom stereocenters. The molecule has 0 saturated carbocycles. The fraction of sp³-hybridized carbons (Fsp3) is 0.429. The lowest BCUT2D eigenvalue weighted by molar-refractivity contribution is 0.0605. The molecule has 0 fully saturated rings. The van der Waals surface area contributed by atoms with Gasteiger partial charge < -0.3 is 10.0 Å². The zero-order valence-electron chi connectivity index (χ0n) is 14.6. The molecule has 0 aliphatic heterocycles. The first-order valence-electron chi connectivity index (χ1n) is 8.46. The number of aliphatic hydroxyl groups is 1. The molecule has 0 bridgehead atoms. The van der Waals surface area contributed by atoms with E-state index in [2.05, 4.69) is 72.6 Å². The molecule has 2 nitrogen and oxygen atoms in total. The van der Waals surface area contributed by atoms with Gasteiger partial charge in [-0.2, -0.15) is 0 Å². The first-order valence-corrected chi connectivity index (χ1v) is 8.46. The highest BCUT2D eigenvalue weighted by Crippen LogP contribution is 2.28. The van der Waals surface area contributed by atoms with Gasteiger partial charge in [-0.05, 0) is 51.4 Å². The summed E-state index contributed by atoms with van der Waals surface area (Å²) < 4.78 is 0. The largest absolute Gasteiger partial charge is 0.390 e. The molecular weight excluding hydrogens is 282 g/mol. The quantitative estimate of drug-likeness (QED) is 0.785. The fourth-order valence-corrected chi connectivity index (χ4v) is 2.82. The molecule has 0 radical (unpaired) electrons. The Labute approximate surface area is 140 Å². The van der Waals surface area contributed by atoms with Crippen molar-refractivity contribution >= 4 is 0 Å². The van der Waals surface area contributed by atoms with Gasteiger partial charge in [0, 0.05) is 12.5 Å². The van der Waals surface area contributed by atoms with E-state index in [1.54, 1.807) is 0 Å². The highest BCUT2D eigenvalue weighted by atomic mass is 16.3. The Kier molecular flexibility index (Phi) is 6.37. The Hall–Kier alpha value is -1.64. The molecule has 23 heavy (non-hydrogen) atoms. The molecule has 0 spiro atoms. The lowest BCUT2D eigenvalue weighted by Gasteiger charge is -2.25. The van der Waals surface area contributed by atoms with Gasteiger partial charge in [0.1, 0.15) is 0 Å². The molecule has 0 aliphatic rings. The lowest BCUT2D eigenvalue weighted by Crippen LogP contribution is -2.29. The van der Waals surface area contributed by atoms with E-state index in [4.69, 9.17) is 0 Å². The topological polar surface area (TPSA) is 23.5 Å². The van der Waals surface area contributed by atoms with Gasteiger partial charge in [-0.25, -0.2) is 0 Å². The van der Waals surface area contributed by atoms with Crippen LogP contribution in [0.3, 0.4) is 0 Å². The zero-order valence-corrected chi connectivity index (χ0v) is 14.6. The Morgan fingerprint density at radius 1 is 0.870 bits per heavy atom. The van der Waals surface area contributed by atoms with Crippen molar-refractivity contribution < 1.29 is 5.11 Å². The second-order valence-electron chi connectivity index (χ2n) is 7.03. The van der Waals surface area contributed by atoms with Crippen molar-refractivity contribution in [3.05, 3.63) is 71.8 Å². The van der Waals surface area contributed by atoms with Crippen LogP contribution in [0.2, 0.25) is 0 Å². The predicted octanol–water partition coefficient (Wildman–Crippen LogP) is 4.30. The minimum absolute atomic E-state index is 0.419. The van der Waals surface area contributed by atoms with Crippen LogP contribution in [0, 0.1) is 0 Å². The van der Waals surface area contributed by atoms with Crippen LogP contribution in [0.1, 0.15) is 43.7 Å². The van der Waals surface area contributed by atoms with Crippen molar-refractivity contribution in [1.29, 1.82) is 0 Å². The third-order valence-electron chi connectivity index (χ3n) is 4.31. The van der Waals surface area contributed by atoms with Crippen LogP contribution >= 0.6 is 0 Å². The third kappa shape index (κ3) is 6.17. The van der Waals surface area contributed by atoms with Crippen molar-refractivity contribution in [3.8, 4) is 0 Å². The molecule has 2 aromatic carbocycles. The van der Waals surface area contributed by atoms with Crippen molar-refractivity contribution in [2.75, 3.05) is 20.1 Å². The van der Waals surface area contributed by atoms with Crippen LogP contribution < -0.4 is 0 Å². The van der Waals surface area contributed by atoms with E-state index >= 15 is 0 Å². The van der Waals surface area contributed by atoms with Crippen molar-refractivity contribution in [3.63, 3.8) is 0 Å². The number of benzene rings is 2. The molecule has 2 rings (SSSR count). The van der Waals surface area contributed by atoms with E-state index < -0.39 is 5.60 Å². The minimum Gasteiger partial charge on any atom is -0.390 e. The molecule has 124 valence electrons. The highest BCUT2D eigenvalue weighted by molar-refractivity contribution is 5.32. The number of hydrogen-bond acceptors (Lipinski definition) is 2. The summed E-state index contributed by atoms with van der Waals surface area (Å²) in [5.41, 5.74) is 2.15. The Balaban J connectivity index is 2.02. The molecular formula is C21H29NO. The summed E-state index contributed by atoms with van der Waals surface area (Å²) in [7, 11) is 2.14. The number of rotatable bonds is 8. The van der Waals surface area contributed by atoms with Crippen LogP contribution in [-0.4, -0.2) is 35.7 Å². The number of nitrogens with zero attached hydrogens (tertiary/aromatic N) is 1. The van der Waals surface area contributed by atoms with Crippen molar-refractivity contribution in [2.24, 2.45) is 0 Å². The first kappa shape index (κ1) is 17.7. The third-order valence-corrected chi connectivity index (χ3v) is 4.31. The van der Waals surface area contributed by atoms with Gasteiger partial charge in [0.15, 0.2) is 0 Å². The van der Waals surface area contributed by atoms with Gasteiger partial charge in [0.25, 0.3) is 0 Å².